The summed E-state index contributed by atoms with van der Waals surface area (Å²) in [4.78, 5) is 8.46. The molecule has 0 saturated carbocycles. The van der Waals surface area contributed by atoms with Gasteiger partial charge in [0.2, 0.25) is 5.88 Å². The molecule has 1 heterocycles. The quantitative estimate of drug-likeness (QED) is 0.840. The van der Waals surface area contributed by atoms with Crippen molar-refractivity contribution in [2.75, 3.05) is 13.7 Å². The van der Waals surface area contributed by atoms with E-state index in [1.807, 2.05) is 31.3 Å². The molecule has 0 fully saturated rings. The van der Waals surface area contributed by atoms with Crippen molar-refractivity contribution in [3.63, 3.8) is 0 Å². The summed E-state index contributed by atoms with van der Waals surface area (Å²) < 4.78 is 11.2. The third-order valence-electron chi connectivity index (χ3n) is 2.54. The van der Waals surface area contributed by atoms with E-state index in [0.717, 1.165) is 24.5 Å². The van der Waals surface area contributed by atoms with Crippen molar-refractivity contribution in [2.45, 2.75) is 19.9 Å². The van der Waals surface area contributed by atoms with Crippen LogP contribution in [0.3, 0.4) is 0 Å². The predicted octanol–water partition coefficient (Wildman–Crippen LogP) is 2.78. The molecular formula is C15H19N3O2. The second-order valence-corrected chi connectivity index (χ2v) is 4.30. The van der Waals surface area contributed by atoms with Gasteiger partial charge >= 0.3 is 0 Å². The van der Waals surface area contributed by atoms with Gasteiger partial charge in [-0.2, -0.15) is 0 Å². The maximum absolute atomic E-state index is 5.67. The minimum Gasteiger partial charge on any atom is -0.494 e. The van der Waals surface area contributed by atoms with Crippen molar-refractivity contribution in [2.24, 2.45) is 0 Å². The molecule has 2 rings (SSSR count). The van der Waals surface area contributed by atoms with Crippen LogP contribution < -0.4 is 14.8 Å². The molecule has 5 heteroatoms. The van der Waals surface area contributed by atoms with Crippen LogP contribution in [0.1, 0.15) is 19.0 Å². The fourth-order valence-electron chi connectivity index (χ4n) is 1.65. The average molecular weight is 273 g/mol. The van der Waals surface area contributed by atoms with Crippen LogP contribution in [0.5, 0.6) is 17.4 Å². The Kier molecular flexibility index (Phi) is 5.32. The van der Waals surface area contributed by atoms with E-state index in [4.69, 9.17) is 9.47 Å². The van der Waals surface area contributed by atoms with Gasteiger partial charge in [0, 0.05) is 12.7 Å². The first-order chi connectivity index (χ1) is 9.81. The summed E-state index contributed by atoms with van der Waals surface area (Å²) in [5.74, 6) is 2.04. The SMILES string of the molecule is CCCOc1ccc(Oc2cncc(CNC)n2)cc1. The lowest BCUT2D eigenvalue weighted by molar-refractivity contribution is 0.317. The van der Waals surface area contributed by atoms with Crippen molar-refractivity contribution in [1.29, 1.82) is 0 Å². The predicted molar refractivity (Wildman–Crippen MR) is 77.1 cm³/mol. The van der Waals surface area contributed by atoms with Crippen LogP contribution in [0.25, 0.3) is 0 Å². The average Bonchev–Trinajstić information content (AvgIpc) is 2.47. The van der Waals surface area contributed by atoms with Crippen LogP contribution in [-0.2, 0) is 6.54 Å². The summed E-state index contributed by atoms with van der Waals surface area (Å²) in [6, 6.07) is 7.49. The molecule has 2 aromatic rings. The molecule has 5 nitrogen and oxygen atoms in total. The lowest BCUT2D eigenvalue weighted by atomic mass is 10.3. The van der Waals surface area contributed by atoms with Gasteiger partial charge in [-0.3, -0.25) is 4.98 Å². The molecule has 0 bridgehead atoms. The molecule has 0 aliphatic rings. The smallest absolute Gasteiger partial charge is 0.238 e. The summed E-state index contributed by atoms with van der Waals surface area (Å²) >= 11 is 0. The van der Waals surface area contributed by atoms with Crippen molar-refractivity contribution in [3.8, 4) is 17.4 Å². The third-order valence-corrected chi connectivity index (χ3v) is 2.54. The summed E-state index contributed by atoms with van der Waals surface area (Å²) in [7, 11) is 1.87. The number of nitrogens with zero attached hydrogens (tertiary/aromatic N) is 2. The second-order valence-electron chi connectivity index (χ2n) is 4.30. The number of hydrogen-bond acceptors (Lipinski definition) is 5. The van der Waals surface area contributed by atoms with Crippen molar-refractivity contribution in [3.05, 3.63) is 42.4 Å². The van der Waals surface area contributed by atoms with E-state index in [0.29, 0.717) is 18.2 Å². The van der Waals surface area contributed by atoms with Crippen molar-refractivity contribution < 1.29 is 9.47 Å². The van der Waals surface area contributed by atoms with E-state index in [2.05, 4.69) is 22.2 Å². The molecule has 0 aliphatic heterocycles. The Morgan fingerprint density at radius 2 is 1.85 bits per heavy atom. The Morgan fingerprint density at radius 3 is 2.55 bits per heavy atom. The number of hydrogen-bond donors (Lipinski definition) is 1. The molecule has 0 saturated heterocycles. The number of rotatable bonds is 7. The fourth-order valence-corrected chi connectivity index (χ4v) is 1.65. The minimum atomic E-state index is 0.486. The van der Waals surface area contributed by atoms with Gasteiger partial charge in [0.25, 0.3) is 0 Å². The number of aromatic nitrogens is 2. The highest BCUT2D eigenvalue weighted by Crippen LogP contribution is 2.22. The fraction of sp³-hybridized carbons (Fsp3) is 0.333. The summed E-state index contributed by atoms with van der Waals surface area (Å²) in [6.07, 6.45) is 4.30. The Bertz CT molecular complexity index is 529. The summed E-state index contributed by atoms with van der Waals surface area (Å²) in [6.45, 7) is 3.46. The Morgan fingerprint density at radius 1 is 1.10 bits per heavy atom. The van der Waals surface area contributed by atoms with Gasteiger partial charge in [-0.15, -0.1) is 0 Å². The first-order valence-electron chi connectivity index (χ1n) is 6.68. The maximum atomic E-state index is 5.67. The van der Waals surface area contributed by atoms with Crippen LogP contribution in [-0.4, -0.2) is 23.6 Å². The molecule has 1 aromatic carbocycles. The Balaban J connectivity index is 2.00. The van der Waals surface area contributed by atoms with E-state index in [1.165, 1.54) is 0 Å². The molecule has 0 atom stereocenters. The van der Waals surface area contributed by atoms with Gasteiger partial charge in [0.15, 0.2) is 0 Å². The van der Waals surface area contributed by atoms with E-state index in [9.17, 15) is 0 Å². The molecule has 0 aliphatic carbocycles. The van der Waals surface area contributed by atoms with E-state index < -0.39 is 0 Å². The van der Waals surface area contributed by atoms with Crippen LogP contribution in [0.2, 0.25) is 0 Å². The van der Waals surface area contributed by atoms with Crippen LogP contribution in [0.15, 0.2) is 36.7 Å². The zero-order valence-electron chi connectivity index (χ0n) is 11.8. The summed E-state index contributed by atoms with van der Waals surface area (Å²) in [5, 5.41) is 3.03. The monoisotopic (exact) mass is 273 g/mol. The highest BCUT2D eigenvalue weighted by Gasteiger charge is 2.02. The normalized spacial score (nSPS) is 10.3. The van der Waals surface area contributed by atoms with Gasteiger partial charge in [0.1, 0.15) is 11.5 Å². The molecule has 106 valence electrons. The lowest BCUT2D eigenvalue weighted by Crippen LogP contribution is -2.07. The van der Waals surface area contributed by atoms with Crippen LogP contribution in [0, 0.1) is 0 Å². The van der Waals surface area contributed by atoms with Gasteiger partial charge in [-0.05, 0) is 37.7 Å². The molecule has 0 spiro atoms. The number of benzene rings is 1. The molecule has 1 N–H and O–H groups in total. The molecule has 0 amide bonds. The standard InChI is InChI=1S/C15H19N3O2/c1-3-8-19-13-4-6-14(7-5-13)20-15-11-17-10-12(18-15)9-16-2/h4-7,10-11,16H,3,8-9H2,1-2H3. The highest BCUT2D eigenvalue weighted by atomic mass is 16.5. The van der Waals surface area contributed by atoms with Gasteiger partial charge in [-0.25, -0.2) is 4.98 Å². The molecule has 1 aromatic heterocycles. The van der Waals surface area contributed by atoms with E-state index in [-0.39, 0.29) is 0 Å². The summed E-state index contributed by atoms with van der Waals surface area (Å²) in [5.41, 5.74) is 0.841. The van der Waals surface area contributed by atoms with E-state index >= 15 is 0 Å². The van der Waals surface area contributed by atoms with E-state index in [1.54, 1.807) is 12.4 Å². The molecular weight excluding hydrogens is 254 g/mol. The van der Waals surface area contributed by atoms with Gasteiger partial charge in [-0.1, -0.05) is 6.92 Å². The highest BCUT2D eigenvalue weighted by molar-refractivity contribution is 5.33. The zero-order valence-corrected chi connectivity index (χ0v) is 11.8. The van der Waals surface area contributed by atoms with Gasteiger partial charge < -0.3 is 14.8 Å². The maximum Gasteiger partial charge on any atom is 0.238 e. The van der Waals surface area contributed by atoms with Crippen molar-refractivity contribution >= 4 is 0 Å². The molecule has 20 heavy (non-hydrogen) atoms. The second kappa shape index (κ2) is 7.45. The first kappa shape index (κ1) is 14.3. The lowest BCUT2D eigenvalue weighted by Gasteiger charge is -2.08. The van der Waals surface area contributed by atoms with Crippen molar-refractivity contribution in [1.82, 2.24) is 15.3 Å². The topological polar surface area (TPSA) is 56.3 Å². The number of nitrogens with one attached hydrogen (secondary N) is 1. The third kappa shape index (κ3) is 4.20. The van der Waals surface area contributed by atoms with Crippen LogP contribution in [0.4, 0.5) is 0 Å². The largest absolute Gasteiger partial charge is 0.494 e. The molecule has 0 radical (unpaired) electrons. The molecule has 0 unspecified atom stereocenters. The Labute approximate surface area is 119 Å². The Hall–Kier alpha value is -2.14. The minimum absolute atomic E-state index is 0.486. The number of ether oxygens (including phenoxy) is 2. The van der Waals surface area contributed by atoms with Crippen LogP contribution >= 0.6 is 0 Å². The zero-order chi connectivity index (χ0) is 14.2. The van der Waals surface area contributed by atoms with Gasteiger partial charge in [0.05, 0.1) is 18.5 Å². The first-order valence-corrected chi connectivity index (χ1v) is 6.68.